The molecule has 1 radical (unpaired) electrons. The van der Waals surface area contributed by atoms with E-state index in [0.29, 0.717) is 12.8 Å². The maximum Gasteiger partial charge on any atom is 0.885 e. The smallest absolute Gasteiger partial charge is 0.589 e. The molecule has 2 rings (SSSR count). The van der Waals surface area contributed by atoms with Gasteiger partial charge in [-0.1, -0.05) is 64.2 Å². The second-order valence-corrected chi connectivity index (χ2v) is 8.53. The van der Waals surface area contributed by atoms with Crippen LogP contribution in [0.3, 0.4) is 0 Å². The molecule has 2 aliphatic rings. The summed E-state index contributed by atoms with van der Waals surface area (Å²) in [6, 6.07) is 0. The summed E-state index contributed by atoms with van der Waals surface area (Å²) in [5.74, 6) is 1.19. The first-order valence-corrected chi connectivity index (χ1v) is 11.4. The molecule has 0 N–H and O–H groups in total. The summed E-state index contributed by atoms with van der Waals surface area (Å²) in [5, 5.41) is 0. The Bertz CT molecular complexity index is 351. The molecule has 2 saturated carbocycles. The highest BCUT2D eigenvalue weighted by molar-refractivity contribution is 6.25. The van der Waals surface area contributed by atoms with Crippen molar-refractivity contribution in [2.75, 3.05) is 0 Å². The van der Waals surface area contributed by atoms with Crippen molar-refractivity contribution in [3.63, 3.8) is 0 Å². The van der Waals surface area contributed by atoms with E-state index in [9.17, 15) is 9.59 Å². The van der Waals surface area contributed by atoms with Gasteiger partial charge in [-0.15, -0.1) is 0 Å². The lowest BCUT2D eigenvalue weighted by Gasteiger charge is -2.21. The summed E-state index contributed by atoms with van der Waals surface area (Å²) in [6.07, 6.45) is 18.4. The van der Waals surface area contributed by atoms with Crippen LogP contribution in [0.25, 0.3) is 0 Å². The van der Waals surface area contributed by atoms with Gasteiger partial charge in [0.25, 0.3) is 11.9 Å². The minimum atomic E-state index is -0.978. The van der Waals surface area contributed by atoms with Crippen LogP contribution >= 0.6 is 0 Å². The third-order valence-corrected chi connectivity index (χ3v) is 6.51. The molecule has 25 heavy (non-hydrogen) atoms. The molecule has 2 aliphatic carbocycles. The van der Waals surface area contributed by atoms with Crippen molar-refractivity contribution in [2.45, 2.75) is 103 Å². The van der Waals surface area contributed by atoms with Crippen LogP contribution < -0.4 is 0 Å². The largest absolute Gasteiger partial charge is 0.885 e. The van der Waals surface area contributed by atoms with Crippen molar-refractivity contribution in [3.05, 3.63) is 0 Å². The quantitative estimate of drug-likeness (QED) is 0.505. The maximum atomic E-state index is 11.7. The zero-order valence-corrected chi connectivity index (χ0v) is 16.8. The van der Waals surface area contributed by atoms with Gasteiger partial charge in [-0.05, 0) is 37.5 Å². The molecule has 0 saturated heterocycles. The van der Waals surface area contributed by atoms with Crippen LogP contribution in [0.4, 0.5) is 0 Å². The SMILES string of the molecule is O=C(CCCC1CCCCC1)[O][Al][O]C(=O)CCCC1CCCCC1. The lowest BCUT2D eigenvalue weighted by molar-refractivity contribution is -0.139. The van der Waals surface area contributed by atoms with E-state index in [1.54, 1.807) is 0 Å². The van der Waals surface area contributed by atoms with E-state index in [2.05, 4.69) is 0 Å². The predicted octanol–water partition coefficient (Wildman–Crippen LogP) is 5.11. The first kappa shape index (κ1) is 20.8. The molecular weight excluding hydrogens is 331 g/mol. The third kappa shape index (κ3) is 9.66. The Kier molecular flexibility index (Phi) is 10.6. The van der Waals surface area contributed by atoms with Gasteiger partial charge in [-0.2, -0.15) is 0 Å². The van der Waals surface area contributed by atoms with Crippen molar-refractivity contribution in [1.82, 2.24) is 0 Å². The molecule has 0 atom stereocenters. The van der Waals surface area contributed by atoms with Crippen LogP contribution in [0.2, 0.25) is 0 Å². The van der Waals surface area contributed by atoms with Crippen LogP contribution in [0.1, 0.15) is 103 Å². The zero-order valence-electron chi connectivity index (χ0n) is 15.7. The average Bonchev–Trinajstić information content (AvgIpc) is 2.63. The van der Waals surface area contributed by atoms with E-state index < -0.39 is 15.9 Å². The van der Waals surface area contributed by atoms with Crippen LogP contribution in [-0.4, -0.2) is 27.8 Å². The van der Waals surface area contributed by atoms with Crippen LogP contribution in [0.5, 0.6) is 0 Å². The van der Waals surface area contributed by atoms with Gasteiger partial charge in [0.1, 0.15) is 0 Å². The van der Waals surface area contributed by atoms with E-state index in [1.165, 1.54) is 64.2 Å². The topological polar surface area (TPSA) is 52.6 Å². The number of rotatable bonds is 10. The molecule has 0 aliphatic heterocycles. The fourth-order valence-corrected chi connectivity index (χ4v) is 4.77. The molecule has 0 aromatic carbocycles. The highest BCUT2D eigenvalue weighted by atomic mass is 27.2. The van der Waals surface area contributed by atoms with Gasteiger partial charge in [0.2, 0.25) is 0 Å². The Hall–Kier alpha value is -0.528. The molecule has 0 amide bonds. The molecule has 0 heterocycles. The summed E-state index contributed by atoms with van der Waals surface area (Å²) in [7, 11) is 0. The van der Waals surface area contributed by atoms with Crippen molar-refractivity contribution < 1.29 is 17.2 Å². The Morgan fingerprint density at radius 3 is 1.48 bits per heavy atom. The van der Waals surface area contributed by atoms with Crippen LogP contribution in [0, 0.1) is 11.8 Å². The van der Waals surface area contributed by atoms with Gasteiger partial charge in [0.05, 0.1) is 0 Å². The molecule has 4 nitrogen and oxygen atoms in total. The number of hydrogen-bond donors (Lipinski definition) is 0. The molecular formula is C20H34AlO4. The summed E-state index contributed by atoms with van der Waals surface area (Å²) in [4.78, 5) is 23.4. The molecule has 0 aromatic rings. The van der Waals surface area contributed by atoms with Crippen molar-refractivity contribution in [3.8, 4) is 0 Å². The van der Waals surface area contributed by atoms with E-state index >= 15 is 0 Å². The van der Waals surface area contributed by atoms with E-state index in [-0.39, 0.29) is 11.9 Å². The minimum absolute atomic E-state index is 0.208. The normalized spacial score (nSPS) is 19.4. The average molecular weight is 365 g/mol. The molecule has 0 spiro atoms. The van der Waals surface area contributed by atoms with Gasteiger partial charge in [-0.25, -0.2) is 0 Å². The molecule has 0 bridgehead atoms. The summed E-state index contributed by atoms with van der Waals surface area (Å²) in [6.45, 7) is 0. The van der Waals surface area contributed by atoms with E-state index in [1.807, 2.05) is 0 Å². The predicted molar refractivity (Wildman–Crippen MR) is 98.8 cm³/mol. The highest BCUT2D eigenvalue weighted by Gasteiger charge is 2.17. The summed E-state index contributed by atoms with van der Waals surface area (Å²) in [5.41, 5.74) is 0. The molecule has 0 aromatic heterocycles. The van der Waals surface area contributed by atoms with E-state index in [0.717, 1.165) is 37.5 Å². The monoisotopic (exact) mass is 365 g/mol. The van der Waals surface area contributed by atoms with Gasteiger partial charge < -0.3 is 7.58 Å². The second kappa shape index (κ2) is 12.8. The second-order valence-electron chi connectivity index (χ2n) is 7.87. The Morgan fingerprint density at radius 2 is 1.08 bits per heavy atom. The molecule has 5 heteroatoms. The van der Waals surface area contributed by atoms with Gasteiger partial charge in [0.15, 0.2) is 0 Å². The number of carbonyl (C=O) groups excluding carboxylic acids is 2. The van der Waals surface area contributed by atoms with Crippen LogP contribution in [-0.2, 0) is 17.2 Å². The molecule has 0 unspecified atom stereocenters. The van der Waals surface area contributed by atoms with Gasteiger partial charge >= 0.3 is 15.9 Å². The number of carbonyl (C=O) groups is 2. The lowest BCUT2D eigenvalue weighted by atomic mass is 9.86. The van der Waals surface area contributed by atoms with Crippen molar-refractivity contribution >= 4 is 27.8 Å². The molecule has 141 valence electrons. The fourth-order valence-electron chi connectivity index (χ4n) is 4.27. The zero-order chi connectivity index (χ0) is 17.7. The fraction of sp³-hybridized carbons (Fsp3) is 0.900. The first-order chi connectivity index (χ1) is 12.2. The maximum absolute atomic E-state index is 11.7. The Balaban J connectivity index is 1.41. The van der Waals surface area contributed by atoms with Crippen molar-refractivity contribution in [2.24, 2.45) is 11.8 Å². The van der Waals surface area contributed by atoms with Crippen LogP contribution in [0.15, 0.2) is 0 Å². The lowest BCUT2D eigenvalue weighted by Crippen LogP contribution is -2.16. The third-order valence-electron chi connectivity index (χ3n) is 5.80. The summed E-state index contributed by atoms with van der Waals surface area (Å²) >= 11 is -0.978. The standard InChI is InChI=1S/2C10H18O2.Al/c2*11-10(12)8-4-7-9-5-2-1-3-6-9;/h2*9H,1-8H2,(H,11,12);/q;;+2/p-2. The van der Waals surface area contributed by atoms with Crippen molar-refractivity contribution in [1.29, 1.82) is 0 Å². The minimum Gasteiger partial charge on any atom is -0.589 e. The Labute approximate surface area is 159 Å². The van der Waals surface area contributed by atoms with Gasteiger partial charge in [-0.3, -0.25) is 9.59 Å². The first-order valence-electron chi connectivity index (χ1n) is 10.4. The molecule has 2 fully saturated rings. The van der Waals surface area contributed by atoms with E-state index in [4.69, 9.17) is 7.58 Å². The highest BCUT2D eigenvalue weighted by Crippen LogP contribution is 2.28. The Morgan fingerprint density at radius 1 is 0.680 bits per heavy atom. The number of hydrogen-bond acceptors (Lipinski definition) is 4. The summed E-state index contributed by atoms with van der Waals surface area (Å²) < 4.78 is 10.2. The van der Waals surface area contributed by atoms with Gasteiger partial charge in [0, 0.05) is 12.8 Å².